The number of nitrogens with zero attached hydrogens (tertiary/aromatic N) is 1. The molecule has 1 aliphatic heterocycles. The van der Waals surface area contributed by atoms with Crippen LogP contribution in [-0.2, 0) is 4.84 Å². The van der Waals surface area contributed by atoms with Crippen LogP contribution < -0.4 is 10.8 Å². The quantitative estimate of drug-likeness (QED) is 0.776. The third-order valence-corrected chi connectivity index (χ3v) is 3.55. The SMILES string of the molecule is Cc1cccc(N2CCC(ON)CC2)c1C. The van der Waals surface area contributed by atoms with Crippen LogP contribution in [0.15, 0.2) is 18.2 Å². The molecule has 0 aliphatic carbocycles. The minimum absolute atomic E-state index is 0.237. The van der Waals surface area contributed by atoms with Crippen LogP contribution in [-0.4, -0.2) is 19.2 Å². The average Bonchev–Trinajstić information content (AvgIpc) is 2.33. The summed E-state index contributed by atoms with van der Waals surface area (Å²) in [7, 11) is 0. The van der Waals surface area contributed by atoms with E-state index in [1.54, 1.807) is 0 Å². The molecule has 1 heterocycles. The van der Waals surface area contributed by atoms with Gasteiger partial charge in [-0.1, -0.05) is 12.1 Å². The normalized spacial score (nSPS) is 17.8. The molecule has 0 aromatic heterocycles. The summed E-state index contributed by atoms with van der Waals surface area (Å²) in [6, 6.07) is 6.49. The third kappa shape index (κ3) is 2.20. The van der Waals surface area contributed by atoms with Crippen LogP contribution in [0, 0.1) is 13.8 Å². The first-order chi connectivity index (χ1) is 7.72. The zero-order valence-electron chi connectivity index (χ0n) is 10.1. The molecule has 0 atom stereocenters. The van der Waals surface area contributed by atoms with Gasteiger partial charge < -0.3 is 9.74 Å². The lowest BCUT2D eigenvalue weighted by Crippen LogP contribution is -2.38. The molecular weight excluding hydrogens is 200 g/mol. The zero-order chi connectivity index (χ0) is 11.5. The first kappa shape index (κ1) is 11.4. The van der Waals surface area contributed by atoms with Gasteiger partial charge in [-0.3, -0.25) is 0 Å². The van der Waals surface area contributed by atoms with Crippen LogP contribution in [0.5, 0.6) is 0 Å². The molecule has 0 spiro atoms. The van der Waals surface area contributed by atoms with E-state index in [-0.39, 0.29) is 6.10 Å². The predicted octanol–water partition coefficient (Wildman–Crippen LogP) is 2.16. The van der Waals surface area contributed by atoms with E-state index in [4.69, 9.17) is 10.7 Å². The van der Waals surface area contributed by atoms with Gasteiger partial charge in [0.15, 0.2) is 0 Å². The number of aryl methyl sites for hydroxylation is 1. The molecular formula is C13H20N2O. The Morgan fingerprint density at radius 1 is 1.25 bits per heavy atom. The van der Waals surface area contributed by atoms with E-state index in [0.29, 0.717) is 0 Å². The molecule has 88 valence electrons. The summed E-state index contributed by atoms with van der Waals surface area (Å²) in [5.41, 5.74) is 4.10. The third-order valence-electron chi connectivity index (χ3n) is 3.55. The van der Waals surface area contributed by atoms with Gasteiger partial charge in [-0.25, -0.2) is 5.90 Å². The largest absolute Gasteiger partial charge is 0.371 e. The minimum atomic E-state index is 0.237. The molecule has 0 radical (unpaired) electrons. The maximum absolute atomic E-state index is 5.22. The molecule has 1 aromatic carbocycles. The topological polar surface area (TPSA) is 38.5 Å². The lowest BCUT2D eigenvalue weighted by Gasteiger charge is -2.33. The van der Waals surface area contributed by atoms with Crippen LogP contribution >= 0.6 is 0 Å². The number of hydrogen-bond acceptors (Lipinski definition) is 3. The minimum Gasteiger partial charge on any atom is -0.371 e. The van der Waals surface area contributed by atoms with Crippen molar-refractivity contribution in [3.63, 3.8) is 0 Å². The molecule has 2 N–H and O–H groups in total. The fraction of sp³-hybridized carbons (Fsp3) is 0.538. The van der Waals surface area contributed by atoms with Crippen LogP contribution in [0.1, 0.15) is 24.0 Å². The molecule has 0 unspecified atom stereocenters. The molecule has 1 aliphatic rings. The Bertz CT molecular complexity index is 357. The summed E-state index contributed by atoms with van der Waals surface area (Å²) in [5.74, 6) is 5.22. The summed E-state index contributed by atoms with van der Waals surface area (Å²) >= 11 is 0. The highest BCUT2D eigenvalue weighted by molar-refractivity contribution is 5.56. The summed E-state index contributed by atoms with van der Waals surface area (Å²) in [5, 5.41) is 0. The molecule has 1 aromatic rings. The first-order valence-corrected chi connectivity index (χ1v) is 5.89. The van der Waals surface area contributed by atoms with Crippen molar-refractivity contribution in [2.75, 3.05) is 18.0 Å². The van der Waals surface area contributed by atoms with E-state index in [0.717, 1.165) is 25.9 Å². The zero-order valence-corrected chi connectivity index (χ0v) is 10.1. The van der Waals surface area contributed by atoms with E-state index in [9.17, 15) is 0 Å². The van der Waals surface area contributed by atoms with E-state index in [1.807, 2.05) is 0 Å². The molecule has 3 heteroatoms. The fourth-order valence-electron chi connectivity index (χ4n) is 2.31. The molecule has 1 fully saturated rings. The van der Waals surface area contributed by atoms with Gasteiger partial charge >= 0.3 is 0 Å². The monoisotopic (exact) mass is 220 g/mol. The lowest BCUT2D eigenvalue weighted by molar-refractivity contribution is 0.0367. The van der Waals surface area contributed by atoms with Crippen molar-refractivity contribution < 1.29 is 4.84 Å². The van der Waals surface area contributed by atoms with Crippen LogP contribution in [0.25, 0.3) is 0 Å². The van der Waals surface area contributed by atoms with Gasteiger partial charge in [0.05, 0.1) is 6.10 Å². The molecule has 0 amide bonds. The molecule has 2 rings (SSSR count). The van der Waals surface area contributed by atoms with Crippen molar-refractivity contribution in [3.05, 3.63) is 29.3 Å². The van der Waals surface area contributed by atoms with E-state index < -0.39 is 0 Å². The Labute approximate surface area is 97.1 Å². The Morgan fingerprint density at radius 3 is 2.56 bits per heavy atom. The summed E-state index contributed by atoms with van der Waals surface area (Å²) < 4.78 is 0. The lowest BCUT2D eigenvalue weighted by atomic mass is 10.0. The maximum atomic E-state index is 5.22. The van der Waals surface area contributed by atoms with Gasteiger partial charge in [-0.2, -0.15) is 0 Å². The fourth-order valence-corrected chi connectivity index (χ4v) is 2.31. The van der Waals surface area contributed by atoms with Gasteiger partial charge in [0.25, 0.3) is 0 Å². The van der Waals surface area contributed by atoms with Crippen molar-refractivity contribution in [2.24, 2.45) is 5.90 Å². The van der Waals surface area contributed by atoms with E-state index >= 15 is 0 Å². The van der Waals surface area contributed by atoms with Gasteiger partial charge in [0, 0.05) is 18.8 Å². The second-order valence-electron chi connectivity index (χ2n) is 4.54. The number of rotatable bonds is 2. The second-order valence-corrected chi connectivity index (χ2v) is 4.54. The van der Waals surface area contributed by atoms with Crippen molar-refractivity contribution >= 4 is 5.69 Å². The van der Waals surface area contributed by atoms with Crippen molar-refractivity contribution in [1.29, 1.82) is 0 Å². The highest BCUT2D eigenvalue weighted by Gasteiger charge is 2.20. The molecule has 0 saturated carbocycles. The van der Waals surface area contributed by atoms with Crippen molar-refractivity contribution in [2.45, 2.75) is 32.8 Å². The maximum Gasteiger partial charge on any atom is 0.0821 e. The van der Waals surface area contributed by atoms with E-state index in [1.165, 1.54) is 16.8 Å². The summed E-state index contributed by atoms with van der Waals surface area (Å²) in [6.45, 7) is 6.42. The van der Waals surface area contributed by atoms with Gasteiger partial charge in [0.2, 0.25) is 0 Å². The van der Waals surface area contributed by atoms with Gasteiger partial charge in [-0.15, -0.1) is 0 Å². The number of nitrogens with two attached hydrogens (primary N) is 1. The number of hydrogen-bond donors (Lipinski definition) is 1. The number of piperidine rings is 1. The summed E-state index contributed by atoms with van der Waals surface area (Å²) in [6.07, 6.45) is 2.27. The number of anilines is 1. The standard InChI is InChI=1S/C13H20N2O/c1-10-4-3-5-13(11(10)2)15-8-6-12(16-14)7-9-15/h3-5,12H,6-9,14H2,1-2H3. The smallest absolute Gasteiger partial charge is 0.0821 e. The Hall–Kier alpha value is -1.06. The van der Waals surface area contributed by atoms with Crippen molar-refractivity contribution in [1.82, 2.24) is 0 Å². The highest BCUT2D eigenvalue weighted by atomic mass is 16.6. The van der Waals surface area contributed by atoms with Crippen molar-refractivity contribution in [3.8, 4) is 0 Å². The Kier molecular flexibility index (Phi) is 3.46. The van der Waals surface area contributed by atoms with Crippen LogP contribution in [0.2, 0.25) is 0 Å². The average molecular weight is 220 g/mol. The molecule has 16 heavy (non-hydrogen) atoms. The molecule has 1 saturated heterocycles. The molecule has 3 nitrogen and oxygen atoms in total. The van der Waals surface area contributed by atoms with E-state index in [2.05, 4.69) is 36.9 Å². The predicted molar refractivity (Wildman–Crippen MR) is 66.4 cm³/mol. The highest BCUT2D eigenvalue weighted by Crippen LogP contribution is 2.26. The number of benzene rings is 1. The van der Waals surface area contributed by atoms with Gasteiger partial charge in [-0.05, 0) is 43.9 Å². The first-order valence-electron chi connectivity index (χ1n) is 5.89. The molecule has 0 bridgehead atoms. The Morgan fingerprint density at radius 2 is 1.94 bits per heavy atom. The Balaban J connectivity index is 2.11. The summed E-state index contributed by atoms with van der Waals surface area (Å²) in [4.78, 5) is 7.33. The second kappa shape index (κ2) is 4.85. The van der Waals surface area contributed by atoms with Crippen LogP contribution in [0.4, 0.5) is 5.69 Å². The van der Waals surface area contributed by atoms with Crippen LogP contribution in [0.3, 0.4) is 0 Å². The van der Waals surface area contributed by atoms with Gasteiger partial charge in [0.1, 0.15) is 0 Å².